The van der Waals surface area contributed by atoms with Crippen molar-refractivity contribution >= 4 is 0 Å². The van der Waals surface area contributed by atoms with Crippen LogP contribution in [-0.2, 0) is 11.3 Å². The van der Waals surface area contributed by atoms with Crippen molar-refractivity contribution in [2.45, 2.75) is 19.6 Å². The van der Waals surface area contributed by atoms with E-state index in [4.69, 9.17) is 9.15 Å². The Morgan fingerprint density at radius 1 is 1.56 bits per heavy atom. The molecule has 1 aliphatic heterocycles. The summed E-state index contributed by atoms with van der Waals surface area (Å²) in [5.41, 5.74) is 1.20. The maximum absolute atomic E-state index is 5.66. The molecule has 1 aromatic rings. The van der Waals surface area contributed by atoms with E-state index < -0.39 is 0 Å². The minimum atomic E-state index is 0.300. The lowest BCUT2D eigenvalue weighted by molar-refractivity contribution is -0.0183. The summed E-state index contributed by atoms with van der Waals surface area (Å²) in [5.74, 6) is 1.02. The second-order valence-corrected chi connectivity index (χ2v) is 4.41. The van der Waals surface area contributed by atoms with Gasteiger partial charge in [-0.3, -0.25) is 0 Å². The fourth-order valence-electron chi connectivity index (χ4n) is 1.92. The maximum atomic E-state index is 5.66. The van der Waals surface area contributed by atoms with Gasteiger partial charge in [-0.1, -0.05) is 0 Å². The van der Waals surface area contributed by atoms with E-state index in [9.17, 15) is 0 Å². The van der Waals surface area contributed by atoms with Gasteiger partial charge in [0, 0.05) is 19.6 Å². The molecule has 90 valence electrons. The van der Waals surface area contributed by atoms with Crippen molar-refractivity contribution < 1.29 is 9.15 Å². The first-order valence-electron chi connectivity index (χ1n) is 5.79. The lowest BCUT2D eigenvalue weighted by atomic mass is 10.2. The van der Waals surface area contributed by atoms with Gasteiger partial charge in [0.1, 0.15) is 5.76 Å². The van der Waals surface area contributed by atoms with Crippen molar-refractivity contribution in [3.63, 3.8) is 0 Å². The molecule has 1 atom stereocenters. The predicted molar refractivity (Wildman–Crippen MR) is 62.4 cm³/mol. The molecule has 4 nitrogen and oxygen atoms in total. The van der Waals surface area contributed by atoms with Gasteiger partial charge < -0.3 is 19.4 Å². The van der Waals surface area contributed by atoms with Gasteiger partial charge in [-0.25, -0.2) is 0 Å². The number of aryl methyl sites for hydroxylation is 1. The summed E-state index contributed by atoms with van der Waals surface area (Å²) in [6.45, 7) is 6.60. The summed E-state index contributed by atoms with van der Waals surface area (Å²) >= 11 is 0. The predicted octanol–water partition coefficient (Wildman–Crippen LogP) is 1.01. The van der Waals surface area contributed by atoms with Crippen LogP contribution in [0.1, 0.15) is 11.3 Å². The topological polar surface area (TPSA) is 37.6 Å². The zero-order valence-electron chi connectivity index (χ0n) is 10.0. The molecule has 1 saturated heterocycles. The minimum Gasteiger partial charge on any atom is -0.468 e. The number of nitrogens with one attached hydrogen (secondary N) is 1. The van der Waals surface area contributed by atoms with Crippen molar-refractivity contribution in [1.82, 2.24) is 10.2 Å². The average molecular weight is 224 g/mol. The zero-order chi connectivity index (χ0) is 11.4. The molecule has 0 amide bonds. The molecule has 0 saturated carbocycles. The van der Waals surface area contributed by atoms with Crippen LogP contribution in [0, 0.1) is 6.92 Å². The van der Waals surface area contributed by atoms with Crippen LogP contribution in [0.2, 0.25) is 0 Å². The van der Waals surface area contributed by atoms with Gasteiger partial charge in [0.25, 0.3) is 0 Å². The van der Waals surface area contributed by atoms with Crippen molar-refractivity contribution in [2.75, 3.05) is 33.3 Å². The van der Waals surface area contributed by atoms with Crippen molar-refractivity contribution in [3.05, 3.63) is 23.7 Å². The Bertz CT molecular complexity index is 325. The Hall–Kier alpha value is -0.840. The molecule has 1 aliphatic rings. The van der Waals surface area contributed by atoms with Crippen LogP contribution < -0.4 is 5.32 Å². The lowest BCUT2D eigenvalue weighted by Crippen LogP contribution is -2.44. The van der Waals surface area contributed by atoms with E-state index in [1.165, 1.54) is 5.56 Å². The molecule has 1 fully saturated rings. The zero-order valence-corrected chi connectivity index (χ0v) is 10.0. The van der Waals surface area contributed by atoms with Crippen LogP contribution in [0.3, 0.4) is 0 Å². The number of likely N-dealkylation sites (N-methyl/N-ethyl adjacent to an activating group) is 1. The number of furan rings is 1. The van der Waals surface area contributed by atoms with Gasteiger partial charge in [-0.05, 0) is 25.6 Å². The smallest absolute Gasteiger partial charge is 0.120 e. The van der Waals surface area contributed by atoms with E-state index in [0.717, 1.165) is 38.5 Å². The number of hydrogen-bond donors (Lipinski definition) is 1. The molecule has 1 N–H and O–H groups in total. The molecule has 0 aliphatic carbocycles. The number of ether oxygens (including phenoxy) is 1. The van der Waals surface area contributed by atoms with Crippen LogP contribution in [0.5, 0.6) is 0 Å². The minimum absolute atomic E-state index is 0.300. The van der Waals surface area contributed by atoms with E-state index in [-0.39, 0.29) is 0 Å². The second-order valence-electron chi connectivity index (χ2n) is 4.41. The molecule has 0 radical (unpaired) electrons. The molecule has 1 unspecified atom stereocenters. The number of hydrogen-bond acceptors (Lipinski definition) is 4. The Morgan fingerprint density at radius 3 is 3.12 bits per heavy atom. The summed E-state index contributed by atoms with van der Waals surface area (Å²) in [5, 5.41) is 3.37. The number of rotatable bonds is 4. The van der Waals surface area contributed by atoms with Crippen LogP contribution in [-0.4, -0.2) is 44.3 Å². The van der Waals surface area contributed by atoms with E-state index in [2.05, 4.69) is 24.2 Å². The monoisotopic (exact) mass is 224 g/mol. The molecular formula is C12H20N2O2. The number of morpholine rings is 1. The van der Waals surface area contributed by atoms with Gasteiger partial charge in [0.05, 0.1) is 25.5 Å². The molecule has 2 heterocycles. The maximum Gasteiger partial charge on any atom is 0.120 e. The highest BCUT2D eigenvalue weighted by Crippen LogP contribution is 2.08. The van der Waals surface area contributed by atoms with Crippen LogP contribution in [0.15, 0.2) is 16.7 Å². The van der Waals surface area contributed by atoms with Crippen LogP contribution >= 0.6 is 0 Å². The fourth-order valence-corrected chi connectivity index (χ4v) is 1.92. The van der Waals surface area contributed by atoms with E-state index >= 15 is 0 Å². The first-order chi connectivity index (χ1) is 7.75. The summed E-state index contributed by atoms with van der Waals surface area (Å²) in [4.78, 5) is 2.30. The van der Waals surface area contributed by atoms with Crippen molar-refractivity contribution in [3.8, 4) is 0 Å². The highest BCUT2D eigenvalue weighted by Gasteiger charge is 2.17. The molecular weight excluding hydrogens is 204 g/mol. The lowest BCUT2D eigenvalue weighted by Gasteiger charge is -2.30. The third kappa shape index (κ3) is 3.07. The SMILES string of the molecule is Cc1ccoc1CNCC1CN(C)CCO1. The first kappa shape index (κ1) is 11.6. The Morgan fingerprint density at radius 2 is 2.44 bits per heavy atom. The molecule has 1 aromatic heterocycles. The molecule has 0 spiro atoms. The summed E-state index contributed by atoms with van der Waals surface area (Å²) in [7, 11) is 2.13. The van der Waals surface area contributed by atoms with E-state index in [1.54, 1.807) is 6.26 Å². The second kappa shape index (κ2) is 5.48. The van der Waals surface area contributed by atoms with Gasteiger partial charge in [0.15, 0.2) is 0 Å². The Labute approximate surface area is 96.6 Å². The summed E-state index contributed by atoms with van der Waals surface area (Å²) in [6, 6.07) is 1.99. The van der Waals surface area contributed by atoms with Crippen LogP contribution in [0.25, 0.3) is 0 Å². The largest absolute Gasteiger partial charge is 0.468 e. The average Bonchev–Trinajstić information content (AvgIpc) is 2.65. The van der Waals surface area contributed by atoms with Crippen LogP contribution in [0.4, 0.5) is 0 Å². The van der Waals surface area contributed by atoms with Crippen molar-refractivity contribution in [2.24, 2.45) is 0 Å². The standard InChI is InChI=1S/C12H20N2O2/c1-10-3-5-16-12(10)8-13-7-11-9-14(2)4-6-15-11/h3,5,11,13H,4,6-9H2,1-2H3. The van der Waals surface area contributed by atoms with Gasteiger partial charge in [0.2, 0.25) is 0 Å². The summed E-state index contributed by atoms with van der Waals surface area (Å²) in [6.07, 6.45) is 2.03. The van der Waals surface area contributed by atoms with Crippen molar-refractivity contribution in [1.29, 1.82) is 0 Å². The van der Waals surface area contributed by atoms with E-state index in [1.807, 2.05) is 6.07 Å². The molecule has 16 heavy (non-hydrogen) atoms. The Balaban J connectivity index is 1.70. The summed E-state index contributed by atoms with van der Waals surface area (Å²) < 4.78 is 11.0. The third-order valence-electron chi connectivity index (χ3n) is 2.97. The molecule has 0 aromatic carbocycles. The molecule has 0 bridgehead atoms. The highest BCUT2D eigenvalue weighted by molar-refractivity contribution is 5.14. The quantitative estimate of drug-likeness (QED) is 0.828. The van der Waals surface area contributed by atoms with Gasteiger partial charge >= 0.3 is 0 Å². The normalized spacial score (nSPS) is 22.5. The Kier molecular flexibility index (Phi) is 3.98. The molecule has 2 rings (SSSR count). The number of nitrogens with zero attached hydrogens (tertiary/aromatic N) is 1. The fraction of sp³-hybridized carbons (Fsp3) is 0.667. The molecule has 4 heteroatoms. The highest BCUT2D eigenvalue weighted by atomic mass is 16.5. The first-order valence-corrected chi connectivity index (χ1v) is 5.79. The van der Waals surface area contributed by atoms with Gasteiger partial charge in [-0.2, -0.15) is 0 Å². The van der Waals surface area contributed by atoms with Gasteiger partial charge in [-0.15, -0.1) is 0 Å². The third-order valence-corrected chi connectivity index (χ3v) is 2.97. The van der Waals surface area contributed by atoms with E-state index in [0.29, 0.717) is 6.10 Å².